The number of carbonyl (C=O) groups excluding carboxylic acids is 1. The Bertz CT molecular complexity index is 2720. The van der Waals surface area contributed by atoms with Crippen LogP contribution in [0.15, 0.2) is 88.8 Å². The fourth-order valence-electron chi connectivity index (χ4n) is 7.97. The van der Waals surface area contributed by atoms with Gasteiger partial charge in [0.15, 0.2) is 5.65 Å². The van der Waals surface area contributed by atoms with Crippen LogP contribution in [0, 0.1) is 11.6 Å². The first-order valence-electron chi connectivity index (χ1n) is 19.5. The van der Waals surface area contributed by atoms with Crippen LogP contribution in [0.5, 0.6) is 5.75 Å². The van der Waals surface area contributed by atoms with E-state index in [4.69, 9.17) is 9.90 Å². The molecule has 1 amide bonds. The van der Waals surface area contributed by atoms with E-state index in [1.807, 2.05) is 31.3 Å². The number of likely N-dealkylation sites (tertiary alicyclic amines) is 1. The summed E-state index contributed by atoms with van der Waals surface area (Å²) in [6.45, 7) is 2.48. The lowest BCUT2D eigenvalue weighted by Gasteiger charge is -2.32. The third kappa shape index (κ3) is 9.47. The lowest BCUT2D eigenvalue weighted by molar-refractivity contribution is -0.192. The van der Waals surface area contributed by atoms with Gasteiger partial charge >= 0.3 is 17.8 Å². The second-order valence-electron chi connectivity index (χ2n) is 15.1. The Kier molecular flexibility index (Phi) is 12.3. The van der Waals surface area contributed by atoms with Crippen molar-refractivity contribution in [2.75, 3.05) is 20.1 Å². The highest BCUT2D eigenvalue weighted by Crippen LogP contribution is 2.32. The number of imidazole rings is 1. The number of aromatic nitrogens is 5. The molecule has 320 valence electrons. The van der Waals surface area contributed by atoms with Gasteiger partial charge in [0.05, 0.1) is 17.3 Å². The van der Waals surface area contributed by atoms with E-state index < -0.39 is 47.0 Å². The van der Waals surface area contributed by atoms with E-state index in [9.17, 15) is 41.4 Å². The van der Waals surface area contributed by atoms with E-state index in [1.54, 1.807) is 18.2 Å². The smallest absolute Gasteiger partial charge is 0.490 e. The predicted molar refractivity (Wildman–Crippen MR) is 214 cm³/mol. The zero-order valence-electron chi connectivity index (χ0n) is 32.7. The molecule has 2 fully saturated rings. The van der Waals surface area contributed by atoms with Crippen LogP contribution in [0.25, 0.3) is 33.5 Å². The summed E-state index contributed by atoms with van der Waals surface area (Å²) in [7, 11) is 1.98. The van der Waals surface area contributed by atoms with Crippen molar-refractivity contribution < 1.29 is 41.8 Å². The van der Waals surface area contributed by atoms with Gasteiger partial charge in [-0.1, -0.05) is 18.2 Å². The first kappa shape index (κ1) is 42.6. The molecule has 14 nitrogen and oxygen atoms in total. The highest BCUT2D eigenvalue weighted by atomic mass is 19.4. The number of carboxylic acids is 1. The van der Waals surface area contributed by atoms with Gasteiger partial charge in [-0.2, -0.15) is 13.2 Å². The second-order valence-corrected chi connectivity index (χ2v) is 15.1. The van der Waals surface area contributed by atoms with Gasteiger partial charge in [0.2, 0.25) is 0 Å². The molecule has 5 heterocycles. The normalized spacial score (nSPS) is 17.5. The molecule has 0 atom stereocenters. The number of hydrogen-bond donors (Lipinski definition) is 4. The molecule has 1 saturated heterocycles. The van der Waals surface area contributed by atoms with Gasteiger partial charge in [-0.15, -0.1) is 0 Å². The summed E-state index contributed by atoms with van der Waals surface area (Å²) in [5.74, 6) is -4.13. The number of benzene rings is 2. The van der Waals surface area contributed by atoms with Crippen molar-refractivity contribution in [1.82, 2.24) is 39.0 Å². The van der Waals surface area contributed by atoms with Gasteiger partial charge in [0, 0.05) is 37.1 Å². The molecular formula is C42H41F5N8O6. The minimum absolute atomic E-state index is 0.0194. The van der Waals surface area contributed by atoms with Crippen LogP contribution in [0.4, 0.5) is 22.0 Å². The average molecular weight is 849 g/mol. The van der Waals surface area contributed by atoms with Gasteiger partial charge < -0.3 is 25.2 Å². The first-order valence-corrected chi connectivity index (χ1v) is 19.5. The monoisotopic (exact) mass is 848 g/mol. The summed E-state index contributed by atoms with van der Waals surface area (Å²) in [5.41, 5.74) is 2.53. The Morgan fingerprint density at radius 2 is 1.61 bits per heavy atom. The number of amides is 1. The van der Waals surface area contributed by atoms with Crippen molar-refractivity contribution in [3.05, 3.63) is 123 Å². The third-order valence-corrected chi connectivity index (χ3v) is 11.1. The largest absolute Gasteiger partial charge is 0.508 e. The summed E-state index contributed by atoms with van der Waals surface area (Å²) in [4.78, 5) is 61.2. The number of carbonyl (C=O) groups is 2. The molecule has 0 bridgehead atoms. The molecular weight excluding hydrogens is 808 g/mol. The molecule has 1 saturated carbocycles. The number of phenols is 1. The molecule has 0 spiro atoms. The van der Waals surface area contributed by atoms with E-state index in [2.05, 4.69) is 25.5 Å². The Hall–Kier alpha value is -6.47. The fraction of sp³-hybridized carbons (Fsp3) is 0.333. The summed E-state index contributed by atoms with van der Waals surface area (Å²) >= 11 is 0. The Balaban J connectivity index is 0.000000739. The molecule has 0 radical (unpaired) electrons. The molecule has 2 aromatic carbocycles. The van der Waals surface area contributed by atoms with Crippen molar-refractivity contribution in [3.63, 3.8) is 0 Å². The standard InChI is InChI=1S/C40H40F2N8O4.C2HF3O2/c1-43-28-13-15-47(16-14-28)21-25-18-32(51)10-11-33(25)24-3-2-4-31(17-24)49-37-34(19-27(42)20-44-37)39(53)50(40(49)54)30-8-6-29(7-9-30)45-38(52)35-23-48-22-26(41)5-12-36(48)46-35;3-2(4,5)1(6)7/h2-5,10-12,17-20,22-23,28-30,43,51H,6-9,13-16,21H2,1H3,(H,45,52);(H,6,7). The number of aliphatic carboxylic acids is 1. The number of aromatic hydroxyl groups is 1. The minimum atomic E-state index is -5.08. The van der Waals surface area contributed by atoms with Gasteiger partial charge in [-0.25, -0.2) is 32.9 Å². The number of pyridine rings is 2. The maximum Gasteiger partial charge on any atom is 0.490 e. The van der Waals surface area contributed by atoms with Crippen LogP contribution in [0.2, 0.25) is 0 Å². The average Bonchev–Trinajstić information content (AvgIpc) is 3.66. The van der Waals surface area contributed by atoms with E-state index >= 15 is 0 Å². The van der Waals surface area contributed by atoms with Crippen LogP contribution in [0.3, 0.4) is 0 Å². The molecule has 4 aromatic heterocycles. The van der Waals surface area contributed by atoms with Crippen LogP contribution in [0.1, 0.15) is 60.6 Å². The van der Waals surface area contributed by atoms with Crippen molar-refractivity contribution in [2.45, 2.75) is 69.4 Å². The molecule has 6 aromatic rings. The van der Waals surface area contributed by atoms with Gasteiger partial charge in [-0.05, 0) is 118 Å². The third-order valence-electron chi connectivity index (χ3n) is 11.1. The number of fused-ring (bicyclic) bond motifs is 2. The molecule has 0 unspecified atom stereocenters. The molecule has 1 aliphatic carbocycles. The number of hydrogen-bond acceptors (Lipinski definition) is 9. The first-order chi connectivity index (χ1) is 29.1. The van der Waals surface area contributed by atoms with E-state index in [0.29, 0.717) is 49.6 Å². The highest BCUT2D eigenvalue weighted by Gasteiger charge is 2.38. The molecule has 4 N–H and O–H groups in total. The topological polar surface area (TPSA) is 176 Å². The minimum Gasteiger partial charge on any atom is -0.508 e. The number of rotatable bonds is 8. The number of piperidine rings is 1. The number of phenolic OH excluding ortho intramolecular Hbond substituents is 1. The number of carboxylic acid groups (broad SMARTS) is 1. The van der Waals surface area contributed by atoms with Gasteiger partial charge in [0.1, 0.15) is 28.7 Å². The predicted octanol–water partition coefficient (Wildman–Crippen LogP) is 5.58. The van der Waals surface area contributed by atoms with Crippen molar-refractivity contribution in [3.8, 4) is 22.6 Å². The highest BCUT2D eigenvalue weighted by molar-refractivity contribution is 5.93. The lowest BCUT2D eigenvalue weighted by atomic mass is 9.90. The quantitative estimate of drug-likeness (QED) is 0.142. The van der Waals surface area contributed by atoms with Crippen LogP contribution < -0.4 is 21.9 Å². The van der Waals surface area contributed by atoms with E-state index in [0.717, 1.165) is 54.9 Å². The summed E-state index contributed by atoms with van der Waals surface area (Å²) in [5, 5.41) is 23.9. The SMILES string of the molecule is CNC1CCN(Cc2cc(O)ccc2-c2cccc(-n3c(=O)n(C4CCC(NC(=O)c5cn6cc(F)ccc6n5)CC4)c(=O)c4cc(F)cnc43)c2)CC1.O=C(O)C(F)(F)F. The Morgan fingerprint density at radius 1 is 0.885 bits per heavy atom. The molecule has 19 heteroatoms. The van der Waals surface area contributed by atoms with Crippen LogP contribution in [-0.4, -0.2) is 88.9 Å². The maximum atomic E-state index is 14.6. The van der Waals surface area contributed by atoms with Gasteiger partial charge in [-0.3, -0.25) is 19.1 Å². The summed E-state index contributed by atoms with van der Waals surface area (Å²) in [6, 6.07) is 16.3. The van der Waals surface area contributed by atoms with E-state index in [1.165, 1.54) is 38.1 Å². The van der Waals surface area contributed by atoms with E-state index in [-0.39, 0.29) is 28.5 Å². The van der Waals surface area contributed by atoms with Crippen molar-refractivity contribution in [2.24, 2.45) is 0 Å². The number of alkyl halides is 3. The molecule has 1 aliphatic heterocycles. The van der Waals surface area contributed by atoms with Crippen LogP contribution in [-0.2, 0) is 11.3 Å². The number of halogens is 5. The van der Waals surface area contributed by atoms with Crippen LogP contribution >= 0.6 is 0 Å². The van der Waals surface area contributed by atoms with Crippen molar-refractivity contribution in [1.29, 1.82) is 0 Å². The molecule has 8 rings (SSSR count). The van der Waals surface area contributed by atoms with Gasteiger partial charge in [0.25, 0.3) is 11.5 Å². The Labute approximate surface area is 343 Å². The summed E-state index contributed by atoms with van der Waals surface area (Å²) in [6.07, 6.45) is 2.47. The molecule has 2 aliphatic rings. The molecule has 61 heavy (non-hydrogen) atoms. The zero-order valence-corrected chi connectivity index (χ0v) is 32.7. The number of nitrogens with one attached hydrogen (secondary N) is 2. The lowest BCUT2D eigenvalue weighted by Crippen LogP contribution is -2.45. The second kappa shape index (κ2) is 17.6. The van der Waals surface area contributed by atoms with Crippen molar-refractivity contribution >= 4 is 28.6 Å². The number of nitrogens with zero attached hydrogens (tertiary/aromatic N) is 6. The maximum absolute atomic E-state index is 14.6. The Morgan fingerprint density at radius 3 is 2.30 bits per heavy atom. The summed E-state index contributed by atoms with van der Waals surface area (Å²) < 4.78 is 64.0. The fourth-order valence-corrected chi connectivity index (χ4v) is 7.97. The zero-order chi connectivity index (χ0) is 43.6.